The summed E-state index contributed by atoms with van der Waals surface area (Å²) in [5.74, 6) is 1.13. The lowest BCUT2D eigenvalue weighted by molar-refractivity contribution is 0.0871. The number of carbonyl (C=O) groups is 1. The van der Waals surface area contributed by atoms with Crippen molar-refractivity contribution in [1.82, 2.24) is 20.0 Å². The number of likely N-dealkylation sites (tertiary alicyclic amines) is 1. The predicted octanol–water partition coefficient (Wildman–Crippen LogP) is 1.81. The van der Waals surface area contributed by atoms with Crippen LogP contribution in [0.2, 0.25) is 0 Å². The molecule has 3 aliphatic rings. The van der Waals surface area contributed by atoms with Crippen LogP contribution in [0.1, 0.15) is 28.9 Å². The van der Waals surface area contributed by atoms with Crippen LogP contribution < -0.4 is 10.6 Å². The van der Waals surface area contributed by atoms with E-state index in [2.05, 4.69) is 26.7 Å². The molecule has 6 nitrogen and oxygen atoms in total. The molecule has 2 fully saturated rings. The number of nitrogens with zero attached hydrogens (tertiary/aromatic N) is 3. The van der Waals surface area contributed by atoms with E-state index in [1.165, 1.54) is 5.69 Å². The average molecular weight is 337 g/mol. The molecule has 2 N–H and O–H groups in total. The summed E-state index contributed by atoms with van der Waals surface area (Å²) in [6.07, 6.45) is 4.01. The summed E-state index contributed by atoms with van der Waals surface area (Å²) >= 11 is 0. The molecule has 1 spiro atoms. The van der Waals surface area contributed by atoms with Gasteiger partial charge >= 0.3 is 0 Å². The van der Waals surface area contributed by atoms with Crippen molar-refractivity contribution >= 4 is 11.6 Å². The number of aryl methyl sites for hydroxylation is 1. The summed E-state index contributed by atoms with van der Waals surface area (Å²) < 4.78 is 1.95. The average Bonchev–Trinajstić information content (AvgIpc) is 3.27. The SMILES string of the molecule is Cn1nccc1CN1C[C@H]2CC[C@]3(NC(=O)c4ccccc4N3)[C@H]2C1. The minimum absolute atomic E-state index is 0.0556. The third-order valence-electron chi connectivity index (χ3n) is 6.23. The number of benzene rings is 1. The van der Waals surface area contributed by atoms with E-state index >= 15 is 0 Å². The molecule has 1 aliphatic carbocycles. The topological polar surface area (TPSA) is 62.2 Å². The van der Waals surface area contributed by atoms with Gasteiger partial charge in [0.05, 0.1) is 11.3 Å². The zero-order valence-corrected chi connectivity index (χ0v) is 14.4. The van der Waals surface area contributed by atoms with Crippen molar-refractivity contribution in [2.45, 2.75) is 25.0 Å². The molecule has 1 aromatic carbocycles. The van der Waals surface area contributed by atoms with Gasteiger partial charge in [-0.1, -0.05) is 12.1 Å². The highest BCUT2D eigenvalue weighted by molar-refractivity contribution is 6.02. The first-order valence-corrected chi connectivity index (χ1v) is 9.04. The summed E-state index contributed by atoms with van der Waals surface area (Å²) in [5, 5.41) is 11.3. The minimum atomic E-state index is -0.294. The van der Waals surface area contributed by atoms with Crippen LogP contribution in [0.3, 0.4) is 0 Å². The van der Waals surface area contributed by atoms with Crippen molar-refractivity contribution in [1.29, 1.82) is 0 Å². The van der Waals surface area contributed by atoms with Crippen LogP contribution in [-0.2, 0) is 13.6 Å². The third kappa shape index (κ3) is 2.28. The maximum Gasteiger partial charge on any atom is 0.255 e. The third-order valence-corrected chi connectivity index (χ3v) is 6.23. The Morgan fingerprint density at radius 2 is 2.12 bits per heavy atom. The number of amides is 1. The van der Waals surface area contributed by atoms with Gasteiger partial charge in [-0.3, -0.25) is 14.4 Å². The molecule has 1 aromatic heterocycles. The van der Waals surface area contributed by atoms with Gasteiger partial charge < -0.3 is 10.6 Å². The standard InChI is InChI=1S/C19H23N5O/c1-23-14(7-9-20-23)11-24-10-13-6-8-19(16(13)12-24)21-17-5-3-2-4-15(17)18(25)22-19/h2-5,7,9,13,16,21H,6,8,10-12H2,1H3,(H,22,25)/t13-,16+,19+/m1/s1. The van der Waals surface area contributed by atoms with Crippen molar-refractivity contribution in [3.8, 4) is 0 Å². The maximum atomic E-state index is 12.6. The van der Waals surface area contributed by atoms with Gasteiger partial charge in [0.25, 0.3) is 5.91 Å². The van der Waals surface area contributed by atoms with Gasteiger partial charge in [-0.25, -0.2) is 0 Å². The number of carbonyl (C=O) groups excluding carboxylic acids is 1. The molecule has 2 aliphatic heterocycles. The lowest BCUT2D eigenvalue weighted by atomic mass is 9.89. The molecule has 3 atom stereocenters. The molecule has 25 heavy (non-hydrogen) atoms. The molecule has 1 amide bonds. The second kappa shape index (κ2) is 5.33. The molecule has 6 heteroatoms. The largest absolute Gasteiger partial charge is 0.362 e. The molecule has 0 bridgehead atoms. The summed E-state index contributed by atoms with van der Waals surface area (Å²) in [7, 11) is 1.99. The molecular weight excluding hydrogens is 314 g/mol. The van der Waals surface area contributed by atoms with E-state index < -0.39 is 0 Å². The molecule has 2 aromatic rings. The minimum Gasteiger partial charge on any atom is -0.362 e. The van der Waals surface area contributed by atoms with E-state index in [0.717, 1.165) is 43.7 Å². The summed E-state index contributed by atoms with van der Waals surface area (Å²) in [4.78, 5) is 15.1. The normalized spacial score (nSPS) is 30.8. The molecule has 1 saturated carbocycles. The fourth-order valence-corrected chi connectivity index (χ4v) is 4.97. The van der Waals surface area contributed by atoms with Crippen LogP contribution in [0.5, 0.6) is 0 Å². The molecule has 5 rings (SSSR count). The molecular formula is C19H23N5O. The van der Waals surface area contributed by atoms with E-state index in [4.69, 9.17) is 0 Å². The molecule has 0 radical (unpaired) electrons. The van der Waals surface area contributed by atoms with Gasteiger partial charge in [0.2, 0.25) is 0 Å². The van der Waals surface area contributed by atoms with E-state index in [1.807, 2.05) is 42.2 Å². The van der Waals surface area contributed by atoms with Crippen LogP contribution in [0.4, 0.5) is 5.69 Å². The first kappa shape index (κ1) is 15.0. The van der Waals surface area contributed by atoms with E-state index in [-0.39, 0.29) is 11.6 Å². The lowest BCUT2D eigenvalue weighted by Gasteiger charge is -2.42. The Labute approximate surface area is 147 Å². The van der Waals surface area contributed by atoms with E-state index in [1.54, 1.807) is 0 Å². The Hall–Kier alpha value is -2.34. The van der Waals surface area contributed by atoms with Crippen molar-refractivity contribution in [3.05, 3.63) is 47.8 Å². The van der Waals surface area contributed by atoms with Crippen LogP contribution in [-0.4, -0.2) is 39.3 Å². The van der Waals surface area contributed by atoms with Gasteiger partial charge in [-0.15, -0.1) is 0 Å². The first-order chi connectivity index (χ1) is 12.1. The van der Waals surface area contributed by atoms with Gasteiger partial charge in [-0.2, -0.15) is 5.10 Å². The Morgan fingerprint density at radius 1 is 1.24 bits per heavy atom. The maximum absolute atomic E-state index is 12.6. The molecule has 130 valence electrons. The number of rotatable bonds is 2. The number of hydrogen-bond acceptors (Lipinski definition) is 4. The van der Waals surface area contributed by atoms with Gasteiger partial charge in [0, 0.05) is 44.5 Å². The van der Waals surface area contributed by atoms with Gasteiger partial charge in [0.1, 0.15) is 5.66 Å². The van der Waals surface area contributed by atoms with E-state index in [9.17, 15) is 4.79 Å². The Morgan fingerprint density at radius 3 is 2.96 bits per heavy atom. The van der Waals surface area contributed by atoms with Crippen LogP contribution in [0.25, 0.3) is 0 Å². The number of fused-ring (bicyclic) bond motifs is 3. The Bertz CT molecular complexity index is 831. The molecule has 1 saturated heterocycles. The second-order valence-electron chi connectivity index (χ2n) is 7.64. The summed E-state index contributed by atoms with van der Waals surface area (Å²) in [6.45, 7) is 3.02. The highest BCUT2D eigenvalue weighted by Gasteiger charge is 2.54. The number of aromatic nitrogens is 2. The number of para-hydroxylation sites is 1. The summed E-state index contributed by atoms with van der Waals surface area (Å²) in [5.41, 5.74) is 2.66. The quantitative estimate of drug-likeness (QED) is 0.877. The highest BCUT2D eigenvalue weighted by Crippen LogP contribution is 2.47. The van der Waals surface area contributed by atoms with Crippen molar-refractivity contribution in [2.24, 2.45) is 18.9 Å². The second-order valence-corrected chi connectivity index (χ2v) is 7.64. The van der Waals surface area contributed by atoms with Crippen molar-refractivity contribution in [3.63, 3.8) is 0 Å². The highest BCUT2D eigenvalue weighted by atomic mass is 16.2. The van der Waals surface area contributed by atoms with Gasteiger partial charge in [0.15, 0.2) is 0 Å². The number of anilines is 1. The fourth-order valence-electron chi connectivity index (χ4n) is 4.97. The predicted molar refractivity (Wildman–Crippen MR) is 95.0 cm³/mol. The van der Waals surface area contributed by atoms with Crippen LogP contribution >= 0.6 is 0 Å². The number of hydrogen-bond donors (Lipinski definition) is 2. The molecule has 3 heterocycles. The lowest BCUT2D eigenvalue weighted by Crippen LogP contribution is -2.61. The Balaban J connectivity index is 1.39. The van der Waals surface area contributed by atoms with Crippen molar-refractivity contribution < 1.29 is 4.79 Å². The van der Waals surface area contributed by atoms with E-state index in [0.29, 0.717) is 11.8 Å². The van der Waals surface area contributed by atoms with Crippen molar-refractivity contribution in [2.75, 3.05) is 18.4 Å². The zero-order valence-electron chi connectivity index (χ0n) is 14.4. The first-order valence-electron chi connectivity index (χ1n) is 9.04. The van der Waals surface area contributed by atoms with Gasteiger partial charge in [-0.05, 0) is 37.0 Å². The zero-order chi connectivity index (χ0) is 17.0. The smallest absolute Gasteiger partial charge is 0.255 e. The van der Waals surface area contributed by atoms with Crippen LogP contribution in [0, 0.1) is 11.8 Å². The number of nitrogens with one attached hydrogen (secondary N) is 2. The Kier molecular flexibility index (Phi) is 3.19. The van der Waals surface area contributed by atoms with Crippen LogP contribution in [0.15, 0.2) is 36.5 Å². The summed E-state index contributed by atoms with van der Waals surface area (Å²) in [6, 6.07) is 9.90. The fraction of sp³-hybridized carbons (Fsp3) is 0.474. The monoisotopic (exact) mass is 337 g/mol. The molecule has 0 unspecified atom stereocenters.